The number of nitrogens with zero attached hydrogens (tertiary/aromatic N) is 3. The minimum Gasteiger partial charge on any atom is -0.252 e. The van der Waals surface area contributed by atoms with Crippen molar-refractivity contribution in [3.63, 3.8) is 0 Å². The van der Waals surface area contributed by atoms with E-state index in [1.54, 1.807) is 0 Å². The van der Waals surface area contributed by atoms with Crippen molar-refractivity contribution in [3.05, 3.63) is 12.3 Å². The molecule has 0 aromatic rings. The zero-order chi connectivity index (χ0) is 9.90. The molecule has 6 nitrogen and oxygen atoms in total. The largest absolute Gasteiger partial charge is 0.357 e. The first kappa shape index (κ1) is 9.91. The molecule has 1 unspecified atom stereocenters. The van der Waals surface area contributed by atoms with Gasteiger partial charge in [-0.3, -0.25) is 4.99 Å². The molecule has 0 amide bonds. The third kappa shape index (κ3) is 2.15. The molecule has 0 aliphatic carbocycles. The van der Waals surface area contributed by atoms with E-state index in [9.17, 15) is 13.2 Å². The second kappa shape index (κ2) is 3.69. The number of alkyl halides is 1. The zero-order valence-corrected chi connectivity index (χ0v) is 7.73. The molecule has 1 aliphatic heterocycles. The van der Waals surface area contributed by atoms with Crippen LogP contribution in [0.25, 0.3) is 0 Å². The van der Waals surface area contributed by atoms with Gasteiger partial charge in [-0.2, -0.15) is 8.42 Å². The minimum atomic E-state index is -4.08. The van der Waals surface area contributed by atoms with Crippen LogP contribution in [0.1, 0.15) is 0 Å². The van der Waals surface area contributed by atoms with Crippen molar-refractivity contribution in [1.29, 1.82) is 0 Å². The predicted molar refractivity (Wildman–Crippen MR) is 46.2 cm³/mol. The number of halogens is 1. The average Bonchev–Trinajstić information content (AvgIpc) is 2.04. The SMILES string of the molecule is O=C=NS(=O)(=O)N1C=CC=NC1Cl. The normalized spacial score (nSPS) is 21.3. The number of isocyanates is 1. The predicted octanol–water partition coefficient (Wildman–Crippen LogP) is -0.0105. The van der Waals surface area contributed by atoms with Crippen LogP contribution in [0.15, 0.2) is 21.7 Å². The Hall–Kier alpha value is -1.17. The summed E-state index contributed by atoms with van der Waals surface area (Å²) in [6, 6.07) is 0. The summed E-state index contributed by atoms with van der Waals surface area (Å²) in [5, 5.41) is 0. The Kier molecular flexibility index (Phi) is 2.82. The van der Waals surface area contributed by atoms with E-state index in [-0.39, 0.29) is 0 Å². The molecule has 13 heavy (non-hydrogen) atoms. The lowest BCUT2D eigenvalue weighted by atomic mass is 10.6. The van der Waals surface area contributed by atoms with Gasteiger partial charge in [0.15, 0.2) is 0 Å². The number of aliphatic imine (C=N–C) groups is 1. The Balaban J connectivity index is 3.02. The van der Waals surface area contributed by atoms with Gasteiger partial charge in [0.05, 0.1) is 0 Å². The van der Waals surface area contributed by atoms with E-state index < -0.39 is 15.8 Å². The monoisotopic (exact) mass is 221 g/mol. The van der Waals surface area contributed by atoms with Gasteiger partial charge < -0.3 is 0 Å². The number of hydrogen-bond acceptors (Lipinski definition) is 4. The number of hydrogen-bond donors (Lipinski definition) is 0. The highest BCUT2D eigenvalue weighted by atomic mass is 35.5. The Morgan fingerprint density at radius 3 is 2.85 bits per heavy atom. The molecular formula is C5H4ClN3O3S. The molecule has 0 fully saturated rings. The second-order valence-electron chi connectivity index (χ2n) is 1.94. The van der Waals surface area contributed by atoms with Gasteiger partial charge in [-0.1, -0.05) is 16.0 Å². The highest BCUT2D eigenvalue weighted by Crippen LogP contribution is 2.15. The molecule has 0 bridgehead atoms. The van der Waals surface area contributed by atoms with Crippen LogP contribution in [0.2, 0.25) is 0 Å². The molecule has 1 aliphatic rings. The third-order valence-electron chi connectivity index (χ3n) is 1.16. The van der Waals surface area contributed by atoms with Gasteiger partial charge >= 0.3 is 10.2 Å². The summed E-state index contributed by atoms with van der Waals surface area (Å²) >= 11 is 5.51. The topological polar surface area (TPSA) is 79.2 Å². The quantitative estimate of drug-likeness (QED) is 0.285. The molecule has 1 atom stereocenters. The molecule has 70 valence electrons. The molecule has 1 rings (SSSR count). The van der Waals surface area contributed by atoms with Crippen molar-refractivity contribution < 1.29 is 13.2 Å². The van der Waals surface area contributed by atoms with Gasteiger partial charge in [-0.05, 0) is 6.08 Å². The first-order chi connectivity index (χ1) is 6.08. The summed E-state index contributed by atoms with van der Waals surface area (Å²) in [6.45, 7) is 0. The average molecular weight is 222 g/mol. The highest BCUT2D eigenvalue weighted by molar-refractivity contribution is 7.88. The van der Waals surface area contributed by atoms with Crippen LogP contribution < -0.4 is 0 Å². The Bertz CT molecular complexity index is 395. The van der Waals surface area contributed by atoms with Gasteiger partial charge in [-0.25, -0.2) is 9.10 Å². The standard InChI is InChI=1S/C5H4ClN3O3S/c6-5-7-2-1-3-9(5)13(11,12)8-4-10/h1-3,5H. The van der Waals surface area contributed by atoms with Crippen molar-refractivity contribution in [2.75, 3.05) is 0 Å². The maximum atomic E-state index is 11.1. The van der Waals surface area contributed by atoms with E-state index in [0.29, 0.717) is 4.31 Å². The Morgan fingerprint density at radius 2 is 2.31 bits per heavy atom. The molecule has 8 heteroatoms. The van der Waals surface area contributed by atoms with Gasteiger partial charge in [0.1, 0.15) is 0 Å². The first-order valence-electron chi connectivity index (χ1n) is 3.04. The summed E-state index contributed by atoms with van der Waals surface area (Å²) in [5.41, 5.74) is -1.10. The summed E-state index contributed by atoms with van der Waals surface area (Å²) in [7, 11) is -4.08. The van der Waals surface area contributed by atoms with Crippen LogP contribution >= 0.6 is 11.6 Å². The second-order valence-corrected chi connectivity index (χ2v) is 3.83. The molecule has 0 radical (unpaired) electrons. The van der Waals surface area contributed by atoms with Crippen LogP contribution in [0, 0.1) is 0 Å². The van der Waals surface area contributed by atoms with Crippen molar-refractivity contribution in [2.24, 2.45) is 9.39 Å². The van der Waals surface area contributed by atoms with E-state index in [4.69, 9.17) is 11.6 Å². The van der Waals surface area contributed by atoms with Gasteiger partial charge in [0, 0.05) is 12.4 Å². The zero-order valence-electron chi connectivity index (χ0n) is 6.16. The lowest BCUT2D eigenvalue weighted by molar-refractivity contribution is 0.482. The van der Waals surface area contributed by atoms with Gasteiger partial charge in [0.2, 0.25) is 5.62 Å². The molecule has 0 saturated heterocycles. The molecule has 0 saturated carbocycles. The maximum Gasteiger partial charge on any atom is 0.357 e. The molecule has 0 aromatic heterocycles. The van der Waals surface area contributed by atoms with Crippen LogP contribution in [-0.2, 0) is 15.0 Å². The van der Waals surface area contributed by atoms with Gasteiger partial charge in [-0.15, -0.1) is 0 Å². The van der Waals surface area contributed by atoms with Crippen LogP contribution in [-0.4, -0.2) is 30.6 Å². The number of allylic oxidation sites excluding steroid dienone is 1. The third-order valence-corrected chi connectivity index (χ3v) is 2.76. The fourth-order valence-corrected chi connectivity index (χ4v) is 1.78. The van der Waals surface area contributed by atoms with Crippen molar-refractivity contribution in [2.45, 2.75) is 5.62 Å². The molecular weight excluding hydrogens is 218 g/mol. The van der Waals surface area contributed by atoms with Crippen LogP contribution in [0.3, 0.4) is 0 Å². The van der Waals surface area contributed by atoms with Crippen LogP contribution in [0.4, 0.5) is 0 Å². The minimum absolute atomic E-state index is 0.638. The van der Waals surface area contributed by atoms with E-state index in [0.717, 1.165) is 12.3 Å². The number of rotatable bonds is 2. The van der Waals surface area contributed by atoms with E-state index in [1.807, 2.05) is 0 Å². The summed E-state index contributed by atoms with van der Waals surface area (Å²) in [6.07, 6.45) is 4.78. The fourth-order valence-electron chi connectivity index (χ4n) is 0.662. The van der Waals surface area contributed by atoms with E-state index >= 15 is 0 Å². The lowest BCUT2D eigenvalue weighted by Crippen LogP contribution is -2.31. The number of carbonyl (C=O) groups excluding carboxylic acids is 1. The highest BCUT2D eigenvalue weighted by Gasteiger charge is 2.25. The first-order valence-corrected chi connectivity index (χ1v) is 4.88. The molecule has 0 spiro atoms. The van der Waals surface area contributed by atoms with Crippen LogP contribution in [0.5, 0.6) is 0 Å². The summed E-state index contributed by atoms with van der Waals surface area (Å²) < 4.78 is 25.4. The van der Waals surface area contributed by atoms with Crippen molar-refractivity contribution in [3.8, 4) is 0 Å². The van der Waals surface area contributed by atoms with Crippen molar-refractivity contribution >= 4 is 34.1 Å². The fraction of sp³-hybridized carbons (Fsp3) is 0.200. The smallest absolute Gasteiger partial charge is 0.252 e. The van der Waals surface area contributed by atoms with Gasteiger partial charge in [0.25, 0.3) is 6.08 Å². The summed E-state index contributed by atoms with van der Waals surface area (Å²) in [5.74, 6) is 0. The Morgan fingerprint density at radius 1 is 1.62 bits per heavy atom. The molecule has 0 aromatic carbocycles. The lowest BCUT2D eigenvalue weighted by Gasteiger charge is -2.20. The Labute approximate surface area is 79.4 Å². The summed E-state index contributed by atoms with van der Waals surface area (Å²) in [4.78, 5) is 13.3. The van der Waals surface area contributed by atoms with E-state index in [1.165, 1.54) is 12.3 Å². The van der Waals surface area contributed by atoms with E-state index in [2.05, 4.69) is 9.39 Å². The maximum absolute atomic E-state index is 11.1. The molecule has 1 heterocycles. The molecule has 0 N–H and O–H groups in total. The van der Waals surface area contributed by atoms with Crippen molar-refractivity contribution in [1.82, 2.24) is 4.31 Å².